The Hall–Kier alpha value is -0.220. The van der Waals surface area contributed by atoms with E-state index >= 15 is 0 Å². The Morgan fingerprint density at radius 2 is 1.74 bits per heavy atom. The zero-order chi connectivity index (χ0) is 13.9. The van der Waals surface area contributed by atoms with Crippen LogP contribution in [0.3, 0.4) is 0 Å². The molecule has 2 heterocycles. The summed E-state index contributed by atoms with van der Waals surface area (Å²) < 4.78 is 0.182. The maximum atomic E-state index is 12.2. The average molecular weight is 284 g/mol. The molecule has 1 amide bonds. The van der Waals surface area contributed by atoms with Crippen LogP contribution in [0.25, 0.3) is 0 Å². The number of rotatable bonds is 2. The molecule has 1 spiro atoms. The molecule has 0 bridgehead atoms. The lowest BCUT2D eigenvalue weighted by Gasteiger charge is -2.44. The Kier molecular flexibility index (Phi) is 4.83. The summed E-state index contributed by atoms with van der Waals surface area (Å²) in [6.45, 7) is 10.8. The molecule has 2 aliphatic heterocycles. The van der Waals surface area contributed by atoms with Gasteiger partial charge < -0.3 is 10.2 Å². The largest absolute Gasteiger partial charge is 0.342 e. The van der Waals surface area contributed by atoms with Gasteiger partial charge >= 0.3 is 0 Å². The molecule has 4 heteroatoms. The van der Waals surface area contributed by atoms with Crippen LogP contribution in [-0.4, -0.2) is 47.5 Å². The van der Waals surface area contributed by atoms with Crippen LogP contribution in [0.15, 0.2) is 0 Å². The van der Waals surface area contributed by atoms with Crippen molar-refractivity contribution in [3.05, 3.63) is 0 Å². The van der Waals surface area contributed by atoms with Crippen molar-refractivity contribution in [2.75, 3.05) is 31.9 Å². The van der Waals surface area contributed by atoms with Gasteiger partial charge in [0.05, 0.1) is 5.75 Å². The Morgan fingerprint density at radius 1 is 1.16 bits per heavy atom. The van der Waals surface area contributed by atoms with Crippen LogP contribution in [0.2, 0.25) is 0 Å². The van der Waals surface area contributed by atoms with Crippen LogP contribution >= 0.6 is 11.8 Å². The first-order valence-electron chi connectivity index (χ1n) is 7.53. The molecule has 2 rings (SSSR count). The van der Waals surface area contributed by atoms with Crippen LogP contribution in [0.5, 0.6) is 0 Å². The van der Waals surface area contributed by atoms with Gasteiger partial charge in [-0.1, -0.05) is 20.8 Å². The van der Waals surface area contributed by atoms with E-state index in [2.05, 4.69) is 31.0 Å². The molecule has 19 heavy (non-hydrogen) atoms. The zero-order valence-electron chi connectivity index (χ0n) is 12.6. The molecule has 2 fully saturated rings. The monoisotopic (exact) mass is 284 g/mol. The maximum Gasteiger partial charge on any atom is 0.232 e. The second-order valence-electron chi connectivity index (χ2n) is 7.03. The molecule has 0 aromatic rings. The van der Waals surface area contributed by atoms with E-state index in [4.69, 9.17) is 0 Å². The van der Waals surface area contributed by atoms with Crippen LogP contribution in [-0.2, 0) is 4.79 Å². The standard InChI is InChI=1S/C15H28N2OS/c1-14(2,3)19-12-13(18)17-10-6-15(7-11-17)4-8-16-9-5-15/h16H,4-12H2,1-3H3. The van der Waals surface area contributed by atoms with Gasteiger partial charge in [0.15, 0.2) is 0 Å². The fraction of sp³-hybridized carbons (Fsp3) is 0.933. The van der Waals surface area contributed by atoms with Gasteiger partial charge in [-0.05, 0) is 44.2 Å². The molecule has 0 unspecified atom stereocenters. The maximum absolute atomic E-state index is 12.2. The minimum atomic E-state index is 0.182. The number of nitrogens with zero attached hydrogens (tertiary/aromatic N) is 1. The molecule has 110 valence electrons. The average Bonchev–Trinajstić information content (AvgIpc) is 2.37. The van der Waals surface area contributed by atoms with Gasteiger partial charge in [-0.25, -0.2) is 0 Å². The van der Waals surface area contributed by atoms with Crippen molar-refractivity contribution < 1.29 is 4.79 Å². The lowest BCUT2D eigenvalue weighted by atomic mass is 9.71. The third-order valence-electron chi connectivity index (χ3n) is 4.47. The predicted octanol–water partition coefficient (Wildman–Crippen LogP) is 2.51. The highest BCUT2D eigenvalue weighted by Gasteiger charge is 2.36. The summed E-state index contributed by atoms with van der Waals surface area (Å²) in [6.07, 6.45) is 5.01. The number of hydrogen-bond acceptors (Lipinski definition) is 3. The van der Waals surface area contributed by atoms with Gasteiger partial charge in [0.1, 0.15) is 0 Å². The third-order valence-corrected chi connectivity index (χ3v) is 5.73. The SMILES string of the molecule is CC(C)(C)SCC(=O)N1CCC2(CCNCC2)CC1. The molecule has 2 aliphatic rings. The van der Waals surface area contributed by atoms with Gasteiger partial charge in [-0.15, -0.1) is 11.8 Å². The van der Waals surface area contributed by atoms with Gasteiger partial charge in [-0.3, -0.25) is 4.79 Å². The van der Waals surface area contributed by atoms with Gasteiger partial charge in [0.2, 0.25) is 5.91 Å². The van der Waals surface area contributed by atoms with Gasteiger partial charge in [0, 0.05) is 17.8 Å². The molecule has 0 aliphatic carbocycles. The second-order valence-corrected chi connectivity index (χ2v) is 8.83. The predicted molar refractivity (Wildman–Crippen MR) is 82.6 cm³/mol. The summed E-state index contributed by atoms with van der Waals surface area (Å²) in [6, 6.07) is 0. The molecule has 0 saturated carbocycles. The Labute approximate surface area is 121 Å². The van der Waals surface area contributed by atoms with Crippen LogP contribution in [0.1, 0.15) is 46.5 Å². The summed E-state index contributed by atoms with van der Waals surface area (Å²) in [5, 5.41) is 3.44. The fourth-order valence-electron chi connectivity index (χ4n) is 3.06. The van der Waals surface area contributed by atoms with E-state index in [0.717, 1.165) is 26.2 Å². The fourth-order valence-corrected chi connectivity index (χ4v) is 3.80. The van der Waals surface area contributed by atoms with Crippen molar-refractivity contribution in [2.45, 2.75) is 51.2 Å². The first-order valence-corrected chi connectivity index (χ1v) is 8.51. The third kappa shape index (κ3) is 4.38. The summed E-state index contributed by atoms with van der Waals surface area (Å²) in [5.41, 5.74) is 0.541. The smallest absolute Gasteiger partial charge is 0.232 e. The molecule has 3 nitrogen and oxygen atoms in total. The summed E-state index contributed by atoms with van der Waals surface area (Å²) in [7, 11) is 0. The van der Waals surface area contributed by atoms with Crippen molar-refractivity contribution in [3.63, 3.8) is 0 Å². The van der Waals surface area contributed by atoms with Crippen molar-refractivity contribution >= 4 is 17.7 Å². The number of piperidine rings is 2. The van der Waals surface area contributed by atoms with Gasteiger partial charge in [-0.2, -0.15) is 0 Å². The van der Waals surface area contributed by atoms with E-state index in [1.165, 1.54) is 25.7 Å². The molecule has 0 atom stereocenters. The van der Waals surface area contributed by atoms with Gasteiger partial charge in [0.25, 0.3) is 0 Å². The summed E-state index contributed by atoms with van der Waals surface area (Å²) in [5.74, 6) is 0.974. The number of carbonyl (C=O) groups is 1. The number of thioether (sulfide) groups is 1. The highest BCUT2D eigenvalue weighted by Crippen LogP contribution is 2.39. The van der Waals surface area contributed by atoms with E-state index in [1.807, 2.05) is 0 Å². The normalized spacial score (nSPS) is 23.6. The molecular weight excluding hydrogens is 256 g/mol. The minimum Gasteiger partial charge on any atom is -0.342 e. The lowest BCUT2D eigenvalue weighted by molar-refractivity contribution is -0.130. The van der Waals surface area contributed by atoms with Crippen LogP contribution < -0.4 is 5.32 Å². The Morgan fingerprint density at radius 3 is 2.26 bits per heavy atom. The van der Waals surface area contributed by atoms with E-state index in [1.54, 1.807) is 11.8 Å². The summed E-state index contributed by atoms with van der Waals surface area (Å²) >= 11 is 1.76. The molecule has 2 saturated heterocycles. The number of nitrogens with one attached hydrogen (secondary N) is 1. The Bertz CT molecular complexity index is 309. The number of amides is 1. The van der Waals surface area contributed by atoms with Crippen molar-refractivity contribution in [1.29, 1.82) is 0 Å². The lowest BCUT2D eigenvalue weighted by Crippen LogP contribution is -2.47. The molecular formula is C15H28N2OS. The van der Waals surface area contributed by atoms with E-state index in [-0.39, 0.29) is 4.75 Å². The second kappa shape index (κ2) is 6.04. The molecule has 0 aromatic heterocycles. The molecule has 0 radical (unpaired) electrons. The zero-order valence-corrected chi connectivity index (χ0v) is 13.4. The minimum absolute atomic E-state index is 0.182. The van der Waals surface area contributed by atoms with Crippen molar-refractivity contribution in [2.24, 2.45) is 5.41 Å². The van der Waals surface area contributed by atoms with E-state index < -0.39 is 0 Å². The molecule has 0 aromatic carbocycles. The van der Waals surface area contributed by atoms with Crippen LogP contribution in [0, 0.1) is 5.41 Å². The summed E-state index contributed by atoms with van der Waals surface area (Å²) in [4.78, 5) is 14.3. The number of likely N-dealkylation sites (tertiary alicyclic amines) is 1. The first kappa shape index (κ1) is 15.2. The van der Waals surface area contributed by atoms with Crippen molar-refractivity contribution in [1.82, 2.24) is 10.2 Å². The first-order chi connectivity index (χ1) is 8.90. The number of carbonyl (C=O) groups excluding carboxylic acids is 1. The van der Waals surface area contributed by atoms with E-state index in [9.17, 15) is 4.79 Å². The van der Waals surface area contributed by atoms with Crippen molar-refractivity contribution in [3.8, 4) is 0 Å². The highest BCUT2D eigenvalue weighted by atomic mass is 32.2. The number of hydrogen-bond donors (Lipinski definition) is 1. The topological polar surface area (TPSA) is 32.3 Å². The Balaban J connectivity index is 1.77. The van der Waals surface area contributed by atoms with Crippen LogP contribution in [0.4, 0.5) is 0 Å². The quantitative estimate of drug-likeness (QED) is 0.845. The van der Waals surface area contributed by atoms with E-state index in [0.29, 0.717) is 17.1 Å². The molecule has 1 N–H and O–H groups in total. The highest BCUT2D eigenvalue weighted by molar-refractivity contribution is 8.01.